The van der Waals surface area contributed by atoms with E-state index in [1.54, 1.807) is 18.0 Å². The number of amidine groups is 1. The molecule has 30 heavy (non-hydrogen) atoms. The van der Waals surface area contributed by atoms with Crippen LogP contribution in [0.5, 0.6) is 0 Å². The third kappa shape index (κ3) is 5.15. The fourth-order valence-electron chi connectivity index (χ4n) is 4.08. The first kappa shape index (κ1) is 23.8. The van der Waals surface area contributed by atoms with Crippen LogP contribution in [0.25, 0.3) is 5.70 Å². The van der Waals surface area contributed by atoms with E-state index in [2.05, 4.69) is 30.3 Å². The van der Waals surface area contributed by atoms with Crippen molar-refractivity contribution in [3.05, 3.63) is 48.2 Å². The molecule has 1 aromatic rings. The summed E-state index contributed by atoms with van der Waals surface area (Å²) in [5.41, 5.74) is 1.82. The fourth-order valence-corrected chi connectivity index (χ4v) is 4.08. The zero-order valence-corrected chi connectivity index (χ0v) is 19.0. The molecule has 1 aromatic heterocycles. The van der Waals surface area contributed by atoms with E-state index in [0.717, 1.165) is 37.2 Å². The fraction of sp³-hybridized carbons (Fsp3) is 0.542. The molecule has 164 valence electrons. The summed E-state index contributed by atoms with van der Waals surface area (Å²) in [6, 6.07) is 3.09. The van der Waals surface area contributed by atoms with Gasteiger partial charge >= 0.3 is 0 Å². The topological polar surface area (TPSA) is 48.8 Å². The number of hydrogen-bond acceptors (Lipinski definition) is 3. The Kier molecular flexibility index (Phi) is 8.75. The molecule has 1 aliphatic heterocycles. The first-order valence-electron chi connectivity index (χ1n) is 11.0. The minimum Gasteiger partial charge on any atom is -0.340 e. The van der Waals surface area contributed by atoms with E-state index in [4.69, 9.17) is 4.99 Å². The number of allylic oxidation sites excluding steroid dienone is 1. The molecular formula is C24H35FN4O. The van der Waals surface area contributed by atoms with Gasteiger partial charge in [0.15, 0.2) is 5.84 Å². The van der Waals surface area contributed by atoms with Crippen LogP contribution >= 0.6 is 0 Å². The Balaban J connectivity index is 0.00000101. The van der Waals surface area contributed by atoms with Crippen LogP contribution in [0, 0.1) is 5.95 Å². The van der Waals surface area contributed by atoms with Gasteiger partial charge in [0.25, 0.3) is 0 Å². The Hall–Kier alpha value is -2.50. The van der Waals surface area contributed by atoms with Gasteiger partial charge in [-0.3, -0.25) is 4.79 Å². The van der Waals surface area contributed by atoms with Crippen LogP contribution in [0.4, 0.5) is 4.39 Å². The predicted octanol–water partition coefficient (Wildman–Crippen LogP) is 5.41. The Morgan fingerprint density at radius 1 is 1.33 bits per heavy atom. The van der Waals surface area contributed by atoms with Crippen molar-refractivity contribution in [1.29, 1.82) is 0 Å². The van der Waals surface area contributed by atoms with Crippen LogP contribution in [-0.4, -0.2) is 45.7 Å². The predicted molar refractivity (Wildman–Crippen MR) is 121 cm³/mol. The third-order valence-corrected chi connectivity index (χ3v) is 5.47. The summed E-state index contributed by atoms with van der Waals surface area (Å²) in [6.07, 6.45) is 9.72. The number of piperazine rings is 1. The Morgan fingerprint density at radius 3 is 2.50 bits per heavy atom. The first-order chi connectivity index (χ1) is 14.4. The molecule has 1 atom stereocenters. The number of carbonyl (C=O) groups excluding carboxylic acids is 1. The van der Waals surface area contributed by atoms with Gasteiger partial charge in [0.2, 0.25) is 11.9 Å². The van der Waals surface area contributed by atoms with Crippen LogP contribution in [0.2, 0.25) is 0 Å². The summed E-state index contributed by atoms with van der Waals surface area (Å²) in [6.45, 7) is 12.2. The minimum atomic E-state index is -0.560. The summed E-state index contributed by atoms with van der Waals surface area (Å²) < 4.78 is 13.5. The molecule has 1 unspecified atom stereocenters. The molecule has 1 amide bonds. The number of nitrogens with zero attached hydrogens (tertiary/aromatic N) is 4. The molecule has 0 N–H and O–H groups in total. The molecule has 2 fully saturated rings. The van der Waals surface area contributed by atoms with Crippen molar-refractivity contribution >= 4 is 17.4 Å². The van der Waals surface area contributed by atoms with E-state index < -0.39 is 5.95 Å². The zero-order valence-electron chi connectivity index (χ0n) is 19.0. The lowest BCUT2D eigenvalue weighted by atomic mass is 10.0. The van der Waals surface area contributed by atoms with Crippen LogP contribution in [0.15, 0.2) is 41.7 Å². The van der Waals surface area contributed by atoms with Gasteiger partial charge in [-0.25, -0.2) is 9.98 Å². The SMILES string of the molecule is C=C(N=C1/C(=C\C)N(C)C(=O)C(CC)N1C1CCCC1)c1ccnc(F)c1.CCC. The second-order valence-electron chi connectivity index (χ2n) is 7.80. The number of halogens is 1. The third-order valence-electron chi connectivity index (χ3n) is 5.47. The van der Waals surface area contributed by atoms with Crippen LogP contribution in [0.3, 0.4) is 0 Å². The average Bonchev–Trinajstić information content (AvgIpc) is 3.25. The van der Waals surface area contributed by atoms with E-state index in [-0.39, 0.29) is 11.9 Å². The summed E-state index contributed by atoms with van der Waals surface area (Å²) in [4.78, 5) is 25.2. The van der Waals surface area contributed by atoms with Gasteiger partial charge in [0.05, 0.1) is 11.4 Å². The number of rotatable bonds is 4. The van der Waals surface area contributed by atoms with Crippen LogP contribution in [-0.2, 0) is 4.79 Å². The Morgan fingerprint density at radius 2 is 1.97 bits per heavy atom. The van der Waals surface area contributed by atoms with E-state index in [1.165, 1.54) is 18.7 Å². The molecule has 1 saturated heterocycles. The number of pyridine rings is 1. The van der Waals surface area contributed by atoms with Gasteiger partial charge in [-0.15, -0.1) is 0 Å². The van der Waals surface area contributed by atoms with Crippen molar-refractivity contribution in [2.45, 2.75) is 78.3 Å². The quantitative estimate of drug-likeness (QED) is 0.619. The number of aliphatic imine (C=N–C) groups is 1. The molecule has 0 spiro atoms. The molecule has 0 aromatic carbocycles. The average molecular weight is 415 g/mol. The summed E-state index contributed by atoms with van der Waals surface area (Å²) in [5.74, 6) is 0.285. The first-order valence-corrected chi connectivity index (χ1v) is 11.0. The van der Waals surface area contributed by atoms with Gasteiger partial charge in [-0.1, -0.05) is 52.7 Å². The Bertz CT molecular complexity index is 811. The molecule has 1 aliphatic carbocycles. The lowest BCUT2D eigenvalue weighted by molar-refractivity contribution is -0.134. The second kappa shape index (κ2) is 11.0. The number of aromatic nitrogens is 1. The van der Waals surface area contributed by atoms with Crippen molar-refractivity contribution in [2.24, 2.45) is 4.99 Å². The highest BCUT2D eigenvalue weighted by atomic mass is 19.1. The molecule has 3 rings (SSSR count). The Labute approximate surface area is 180 Å². The molecule has 2 heterocycles. The van der Waals surface area contributed by atoms with E-state index >= 15 is 0 Å². The van der Waals surface area contributed by atoms with E-state index in [1.807, 2.05) is 19.9 Å². The van der Waals surface area contributed by atoms with Crippen molar-refractivity contribution in [2.75, 3.05) is 7.05 Å². The lowest BCUT2D eigenvalue weighted by Gasteiger charge is -2.45. The van der Waals surface area contributed by atoms with Gasteiger partial charge in [-0.05, 0) is 32.3 Å². The van der Waals surface area contributed by atoms with Crippen molar-refractivity contribution in [1.82, 2.24) is 14.8 Å². The molecule has 2 aliphatic rings. The normalized spacial score (nSPS) is 22.5. The molecule has 0 bridgehead atoms. The second-order valence-corrected chi connectivity index (χ2v) is 7.80. The minimum absolute atomic E-state index is 0.0945. The van der Waals surface area contributed by atoms with Gasteiger partial charge < -0.3 is 9.80 Å². The van der Waals surface area contributed by atoms with E-state index in [0.29, 0.717) is 23.7 Å². The van der Waals surface area contributed by atoms with Crippen molar-refractivity contribution in [3.8, 4) is 0 Å². The molecule has 0 radical (unpaired) electrons. The highest BCUT2D eigenvalue weighted by Gasteiger charge is 2.42. The number of likely N-dealkylation sites (N-methyl/N-ethyl adjacent to an activating group) is 1. The highest BCUT2D eigenvalue weighted by Crippen LogP contribution is 2.33. The molecule has 6 heteroatoms. The summed E-state index contributed by atoms with van der Waals surface area (Å²) in [7, 11) is 1.79. The van der Waals surface area contributed by atoms with Crippen LogP contribution < -0.4 is 0 Å². The summed E-state index contributed by atoms with van der Waals surface area (Å²) >= 11 is 0. The monoisotopic (exact) mass is 414 g/mol. The van der Waals surface area contributed by atoms with Gasteiger partial charge in [0.1, 0.15) is 6.04 Å². The van der Waals surface area contributed by atoms with Crippen LogP contribution in [0.1, 0.15) is 71.8 Å². The smallest absolute Gasteiger partial charge is 0.249 e. The standard InChI is InChI=1S/C21H27FN4O.C3H8/c1-5-17-20(24-14(3)15-11-12-23-19(22)13-15)26(16-9-7-8-10-16)18(6-2)21(27)25(17)4;1-3-2/h5,11-13,16,18H,3,6-10H2,1-2,4H3;3H2,1-2H3/b17-5+,24-20?;. The molecule has 1 saturated carbocycles. The maximum atomic E-state index is 13.5. The van der Waals surface area contributed by atoms with Gasteiger partial charge in [-0.2, -0.15) is 4.39 Å². The van der Waals surface area contributed by atoms with Gasteiger partial charge in [0, 0.05) is 30.9 Å². The lowest BCUT2D eigenvalue weighted by Crippen LogP contribution is -2.60. The van der Waals surface area contributed by atoms with E-state index in [9.17, 15) is 9.18 Å². The number of amides is 1. The highest BCUT2D eigenvalue weighted by molar-refractivity contribution is 6.09. The number of hydrogen-bond donors (Lipinski definition) is 0. The summed E-state index contributed by atoms with van der Waals surface area (Å²) in [5, 5.41) is 0. The number of carbonyl (C=O) groups is 1. The zero-order chi connectivity index (χ0) is 22.3. The maximum absolute atomic E-state index is 13.5. The largest absolute Gasteiger partial charge is 0.340 e. The molecular weight excluding hydrogens is 379 g/mol. The van der Waals surface area contributed by atoms with Crippen molar-refractivity contribution in [3.63, 3.8) is 0 Å². The molecule has 5 nitrogen and oxygen atoms in total. The van der Waals surface area contributed by atoms with Crippen molar-refractivity contribution < 1.29 is 9.18 Å². The maximum Gasteiger partial charge on any atom is 0.249 e.